The molecule has 1 aliphatic rings. The van der Waals surface area contributed by atoms with E-state index in [4.69, 9.17) is 23.1 Å². The Morgan fingerprint density at radius 1 is 1.18 bits per heavy atom. The minimum absolute atomic E-state index is 0.175. The van der Waals surface area contributed by atoms with Gasteiger partial charge in [-0.05, 0) is 43.5 Å². The lowest BCUT2D eigenvalue weighted by Gasteiger charge is -2.37. The summed E-state index contributed by atoms with van der Waals surface area (Å²) in [5.74, 6) is -0.240. The average Bonchev–Trinajstić information content (AvgIpc) is 2.87. The highest BCUT2D eigenvalue weighted by atomic mass is 35.5. The number of ketones is 1. The summed E-state index contributed by atoms with van der Waals surface area (Å²) >= 11 is 7.89. The van der Waals surface area contributed by atoms with Crippen LogP contribution in [0.15, 0.2) is 63.5 Å². The number of hydrogen-bond acceptors (Lipinski definition) is 10. The summed E-state index contributed by atoms with van der Waals surface area (Å²) < 4.78 is 1.21. The molecule has 196 valence electrons. The molecule has 1 fully saturated rings. The molecule has 12 heteroatoms. The van der Waals surface area contributed by atoms with Crippen molar-refractivity contribution in [1.82, 2.24) is 19.4 Å². The van der Waals surface area contributed by atoms with Crippen molar-refractivity contribution in [3.63, 3.8) is 0 Å². The first-order chi connectivity index (χ1) is 18.1. The van der Waals surface area contributed by atoms with E-state index in [1.165, 1.54) is 22.4 Å². The first kappa shape index (κ1) is 26.0. The third-order valence-corrected chi connectivity index (χ3v) is 8.20. The second kappa shape index (κ2) is 10.2. The molecule has 0 atom stereocenters. The number of aromatic nitrogens is 4. The van der Waals surface area contributed by atoms with Gasteiger partial charge in [0.25, 0.3) is 5.56 Å². The van der Waals surface area contributed by atoms with E-state index < -0.39 is 17.2 Å². The van der Waals surface area contributed by atoms with Gasteiger partial charge in [-0.3, -0.25) is 14.0 Å². The van der Waals surface area contributed by atoms with E-state index in [-0.39, 0.29) is 29.0 Å². The maximum absolute atomic E-state index is 13.1. The Balaban J connectivity index is 1.35. The summed E-state index contributed by atoms with van der Waals surface area (Å²) in [6, 6.07) is 10.1. The molecule has 0 amide bonds. The van der Waals surface area contributed by atoms with E-state index in [2.05, 4.69) is 26.8 Å². The smallest absolute Gasteiger partial charge is 0.272 e. The fourth-order valence-corrected chi connectivity index (χ4v) is 5.46. The molecule has 10 nitrogen and oxygen atoms in total. The van der Waals surface area contributed by atoms with Crippen LogP contribution in [0.5, 0.6) is 5.88 Å². The number of benzene rings is 1. The maximum atomic E-state index is 13.1. The number of hydrogen-bond donors (Lipinski definition) is 3. The van der Waals surface area contributed by atoms with Gasteiger partial charge in [-0.1, -0.05) is 41.6 Å². The van der Waals surface area contributed by atoms with Gasteiger partial charge < -0.3 is 21.5 Å². The normalized spacial score (nSPS) is 15.1. The second-order valence-electron chi connectivity index (χ2n) is 9.54. The van der Waals surface area contributed by atoms with Crippen molar-refractivity contribution < 1.29 is 9.90 Å². The molecule has 4 heterocycles. The Hall–Kier alpha value is -3.67. The lowest BCUT2D eigenvalue weighted by molar-refractivity contribution is 0.0988. The number of aromatic hydroxyl groups is 1. The molecular weight excluding hydrogens is 526 g/mol. The first-order valence-corrected chi connectivity index (χ1v) is 13.2. The van der Waals surface area contributed by atoms with Gasteiger partial charge in [0, 0.05) is 36.1 Å². The van der Waals surface area contributed by atoms with E-state index in [1.54, 1.807) is 42.6 Å². The molecule has 1 saturated heterocycles. The predicted octanol–water partition coefficient (Wildman–Crippen LogP) is 3.32. The van der Waals surface area contributed by atoms with E-state index >= 15 is 0 Å². The van der Waals surface area contributed by atoms with Crippen molar-refractivity contribution >= 4 is 46.4 Å². The van der Waals surface area contributed by atoms with Crippen LogP contribution in [0.4, 0.5) is 11.6 Å². The molecule has 0 radical (unpaired) electrons. The van der Waals surface area contributed by atoms with Crippen LogP contribution >= 0.6 is 23.4 Å². The molecule has 0 unspecified atom stereocenters. The van der Waals surface area contributed by atoms with Gasteiger partial charge in [0.15, 0.2) is 11.6 Å². The number of fused-ring (bicyclic) bond motifs is 1. The average molecular weight is 552 g/mol. The predicted molar refractivity (Wildman–Crippen MR) is 147 cm³/mol. The van der Waals surface area contributed by atoms with Gasteiger partial charge in [0.05, 0.1) is 11.2 Å². The van der Waals surface area contributed by atoms with Crippen LogP contribution in [-0.4, -0.2) is 48.9 Å². The van der Waals surface area contributed by atoms with Crippen LogP contribution in [0.1, 0.15) is 35.7 Å². The Kier molecular flexibility index (Phi) is 6.99. The molecule has 1 aliphatic heterocycles. The van der Waals surface area contributed by atoms with Crippen LogP contribution < -0.4 is 21.9 Å². The van der Waals surface area contributed by atoms with E-state index in [9.17, 15) is 14.7 Å². The van der Waals surface area contributed by atoms with Crippen LogP contribution in [0.3, 0.4) is 0 Å². The topological polar surface area (TPSA) is 153 Å². The van der Waals surface area contributed by atoms with Crippen molar-refractivity contribution in [2.45, 2.75) is 41.6 Å². The van der Waals surface area contributed by atoms with Crippen LogP contribution in [0, 0.1) is 0 Å². The zero-order valence-electron chi connectivity index (χ0n) is 20.6. The van der Waals surface area contributed by atoms with Crippen LogP contribution in [0.2, 0.25) is 5.02 Å². The molecule has 4 aromatic rings. The number of rotatable bonds is 6. The largest absolute Gasteiger partial charge is 0.493 e. The molecule has 0 bridgehead atoms. The molecule has 0 aliphatic carbocycles. The van der Waals surface area contributed by atoms with Crippen LogP contribution in [0.25, 0.3) is 5.65 Å². The summed E-state index contributed by atoms with van der Waals surface area (Å²) in [6.45, 7) is 3.61. The van der Waals surface area contributed by atoms with Crippen molar-refractivity contribution in [2.75, 3.05) is 23.7 Å². The third-order valence-electron chi connectivity index (χ3n) is 6.58. The monoisotopic (exact) mass is 551 g/mol. The van der Waals surface area contributed by atoms with Crippen molar-refractivity contribution in [1.29, 1.82) is 0 Å². The van der Waals surface area contributed by atoms with Gasteiger partial charge in [-0.15, -0.1) is 0 Å². The molecular formula is C26H26ClN7O3S. The summed E-state index contributed by atoms with van der Waals surface area (Å²) in [5, 5.41) is 11.1. The number of anilines is 2. The van der Waals surface area contributed by atoms with E-state index in [1.807, 2.05) is 0 Å². The van der Waals surface area contributed by atoms with E-state index in [0.717, 1.165) is 25.9 Å². The maximum Gasteiger partial charge on any atom is 0.272 e. The number of pyridine rings is 1. The molecule has 3 aromatic heterocycles. The minimum Gasteiger partial charge on any atom is -0.493 e. The Bertz CT molecular complexity index is 1600. The quantitative estimate of drug-likeness (QED) is 0.304. The number of carbonyl (C=O) groups excluding carboxylic acids is 1. The zero-order valence-corrected chi connectivity index (χ0v) is 22.2. The number of piperidine rings is 1. The fraction of sp³-hybridized carbons (Fsp3) is 0.269. The standard InChI is InChI=1S/C26H26ClN7O3S/c1-26(29)8-11-33(12-9-26)19-14-30-24(22(28)31-19)38-17-6-4-5-15(21(17)27)13-16(35)20-23(36)32-18-7-2-3-10-34(18)25(20)37/h2-7,10,14,36H,8-9,11-13,29H2,1H3,(H2,28,31). The molecule has 1 aromatic carbocycles. The summed E-state index contributed by atoms with van der Waals surface area (Å²) in [7, 11) is 0. The highest BCUT2D eigenvalue weighted by Gasteiger charge is 2.27. The Morgan fingerprint density at radius 3 is 2.68 bits per heavy atom. The molecule has 38 heavy (non-hydrogen) atoms. The summed E-state index contributed by atoms with van der Waals surface area (Å²) in [5.41, 5.74) is 12.0. The van der Waals surface area contributed by atoms with Gasteiger partial charge in [0.2, 0.25) is 5.88 Å². The number of nitrogens with zero attached hydrogens (tertiary/aromatic N) is 5. The number of halogens is 1. The number of Topliss-reactive ketones (excluding diaryl/α,β-unsaturated/α-hetero) is 1. The lowest BCUT2D eigenvalue weighted by Crippen LogP contribution is -2.48. The second-order valence-corrected chi connectivity index (χ2v) is 10.9. The van der Waals surface area contributed by atoms with Gasteiger partial charge in [-0.25, -0.2) is 9.97 Å². The lowest BCUT2D eigenvalue weighted by atomic mass is 9.91. The van der Waals surface area contributed by atoms with E-state index in [0.29, 0.717) is 26.3 Å². The molecule has 0 saturated carbocycles. The molecule has 0 spiro atoms. The molecule has 5 rings (SSSR count). The fourth-order valence-electron chi connectivity index (χ4n) is 4.32. The number of nitrogen functional groups attached to an aromatic ring is 1. The van der Waals surface area contributed by atoms with Gasteiger partial charge in [-0.2, -0.15) is 4.98 Å². The van der Waals surface area contributed by atoms with Crippen molar-refractivity contribution in [3.05, 3.63) is 75.3 Å². The molecule has 5 N–H and O–H groups in total. The SMILES string of the molecule is CC1(N)CCN(c2cnc(Sc3cccc(CC(=O)c4c(O)nc5ccccn5c4=O)c3Cl)c(N)n2)CC1. The van der Waals surface area contributed by atoms with Crippen molar-refractivity contribution in [3.8, 4) is 5.88 Å². The van der Waals surface area contributed by atoms with Gasteiger partial charge >= 0.3 is 0 Å². The summed E-state index contributed by atoms with van der Waals surface area (Å²) in [6.07, 6.45) is 4.67. The van der Waals surface area contributed by atoms with Crippen molar-refractivity contribution in [2.24, 2.45) is 5.73 Å². The highest BCUT2D eigenvalue weighted by Crippen LogP contribution is 2.37. The highest BCUT2D eigenvalue weighted by molar-refractivity contribution is 7.99. The summed E-state index contributed by atoms with van der Waals surface area (Å²) in [4.78, 5) is 41.7. The first-order valence-electron chi connectivity index (χ1n) is 12.0. The number of nitrogens with two attached hydrogens (primary N) is 2. The Labute approximate surface area is 227 Å². The van der Waals surface area contributed by atoms with Gasteiger partial charge in [0.1, 0.15) is 22.1 Å². The minimum atomic E-state index is -0.646. The zero-order chi connectivity index (χ0) is 27.0. The third kappa shape index (κ3) is 5.17. The van der Waals surface area contributed by atoms with Crippen LogP contribution in [-0.2, 0) is 6.42 Å². The number of carbonyl (C=O) groups is 1. The Morgan fingerprint density at radius 2 is 1.95 bits per heavy atom.